The van der Waals surface area contributed by atoms with E-state index in [4.69, 9.17) is 14.5 Å². The van der Waals surface area contributed by atoms with Crippen LogP contribution < -0.4 is 4.74 Å². The van der Waals surface area contributed by atoms with Crippen LogP contribution in [0.2, 0.25) is 0 Å². The summed E-state index contributed by atoms with van der Waals surface area (Å²) in [5.74, 6) is -0.242. The first kappa shape index (κ1) is 23.0. The quantitative estimate of drug-likeness (QED) is 0.553. The molecule has 1 aliphatic heterocycles. The Morgan fingerprint density at radius 1 is 1.03 bits per heavy atom. The summed E-state index contributed by atoms with van der Waals surface area (Å²) in [4.78, 5) is 31.6. The van der Waals surface area contributed by atoms with Gasteiger partial charge in [-0.15, -0.1) is 0 Å². The number of ether oxygens (including phenoxy) is 2. The van der Waals surface area contributed by atoms with Gasteiger partial charge in [-0.05, 0) is 48.4 Å². The molecule has 0 radical (unpaired) electrons. The van der Waals surface area contributed by atoms with Crippen LogP contribution in [0.15, 0.2) is 70.9 Å². The van der Waals surface area contributed by atoms with Gasteiger partial charge < -0.3 is 9.47 Å². The molecule has 1 aliphatic carbocycles. The van der Waals surface area contributed by atoms with Crippen LogP contribution in [-0.2, 0) is 14.3 Å². The number of nitrogens with zero attached hydrogens (tertiary/aromatic N) is 1. The first-order valence-electron chi connectivity index (χ1n) is 11.6. The molecule has 2 aromatic rings. The molecule has 3 atom stereocenters. The third-order valence-corrected chi connectivity index (χ3v) is 6.45. The molecule has 0 saturated heterocycles. The molecule has 5 nitrogen and oxygen atoms in total. The number of esters is 1. The number of rotatable bonds is 6. The van der Waals surface area contributed by atoms with Crippen LogP contribution in [0.3, 0.4) is 0 Å². The number of carbonyl (C=O) groups excluding carboxylic acids is 2. The highest BCUT2D eigenvalue weighted by Gasteiger charge is 2.44. The summed E-state index contributed by atoms with van der Waals surface area (Å²) in [6.07, 6.45) is 1.10. The molecule has 4 rings (SSSR count). The van der Waals surface area contributed by atoms with Gasteiger partial charge in [-0.25, -0.2) is 0 Å². The van der Waals surface area contributed by atoms with Gasteiger partial charge in [0.25, 0.3) is 0 Å². The number of methoxy groups -OCH3 is 1. The Morgan fingerprint density at radius 3 is 2.36 bits per heavy atom. The Kier molecular flexibility index (Phi) is 6.77. The zero-order chi connectivity index (χ0) is 23.5. The number of carbonyl (C=O) groups is 2. The first-order chi connectivity index (χ1) is 15.9. The molecule has 0 N–H and O–H groups in total. The fraction of sp³-hybridized carbons (Fsp3) is 0.393. The van der Waals surface area contributed by atoms with Crippen molar-refractivity contribution in [2.75, 3.05) is 13.7 Å². The van der Waals surface area contributed by atoms with Gasteiger partial charge >= 0.3 is 5.97 Å². The van der Waals surface area contributed by atoms with E-state index in [2.05, 4.69) is 12.1 Å². The monoisotopic (exact) mass is 445 g/mol. The number of benzene rings is 2. The van der Waals surface area contributed by atoms with Gasteiger partial charge in [-0.3, -0.25) is 14.6 Å². The SMILES string of the molecule is COc1ccc([C@H]2C3=C(C[C@H](c4ccccc4)CC3=O)N=C(C)C2C(=O)OCC(C)C)cc1. The van der Waals surface area contributed by atoms with Crippen molar-refractivity contribution in [2.45, 2.75) is 45.4 Å². The predicted octanol–water partition coefficient (Wildman–Crippen LogP) is 5.47. The molecule has 0 spiro atoms. The second-order valence-electron chi connectivity index (χ2n) is 9.30. The lowest BCUT2D eigenvalue weighted by atomic mass is 9.69. The van der Waals surface area contributed by atoms with Gasteiger partial charge in [0.15, 0.2) is 5.78 Å². The number of Topliss-reactive ketones (excluding diaryl/α,β-unsaturated/α-hetero) is 1. The Balaban J connectivity index is 1.76. The molecular formula is C28H31NO4. The van der Waals surface area contributed by atoms with Crippen LogP contribution in [0, 0.1) is 11.8 Å². The van der Waals surface area contributed by atoms with Crippen LogP contribution in [0.25, 0.3) is 0 Å². The van der Waals surface area contributed by atoms with Crippen molar-refractivity contribution in [3.63, 3.8) is 0 Å². The lowest BCUT2D eigenvalue weighted by Gasteiger charge is -2.36. The topological polar surface area (TPSA) is 65.0 Å². The Bertz CT molecular complexity index is 1080. The van der Waals surface area contributed by atoms with Gasteiger partial charge in [0.05, 0.1) is 13.7 Å². The summed E-state index contributed by atoms with van der Waals surface area (Å²) in [7, 11) is 1.62. The van der Waals surface area contributed by atoms with Crippen LogP contribution in [0.5, 0.6) is 5.75 Å². The smallest absolute Gasteiger partial charge is 0.315 e. The minimum atomic E-state index is -0.617. The fourth-order valence-corrected chi connectivity index (χ4v) is 4.84. The van der Waals surface area contributed by atoms with Gasteiger partial charge in [-0.1, -0.05) is 56.3 Å². The molecule has 1 heterocycles. The van der Waals surface area contributed by atoms with E-state index in [1.807, 2.05) is 63.2 Å². The third-order valence-electron chi connectivity index (χ3n) is 6.45. The highest BCUT2D eigenvalue weighted by molar-refractivity contribution is 6.09. The molecule has 0 fully saturated rings. The second-order valence-corrected chi connectivity index (χ2v) is 9.30. The van der Waals surface area contributed by atoms with E-state index in [1.54, 1.807) is 7.11 Å². The molecule has 33 heavy (non-hydrogen) atoms. The summed E-state index contributed by atoms with van der Waals surface area (Å²) >= 11 is 0. The van der Waals surface area contributed by atoms with E-state index in [0.717, 1.165) is 22.6 Å². The Hall–Kier alpha value is -3.21. The molecule has 0 saturated carbocycles. The van der Waals surface area contributed by atoms with E-state index >= 15 is 0 Å². The van der Waals surface area contributed by atoms with Crippen molar-refractivity contribution in [1.82, 2.24) is 0 Å². The maximum absolute atomic E-state index is 13.6. The molecule has 2 aliphatic rings. The largest absolute Gasteiger partial charge is 0.497 e. The number of allylic oxidation sites excluding steroid dienone is 2. The summed E-state index contributed by atoms with van der Waals surface area (Å²) in [6, 6.07) is 17.7. The molecule has 0 aromatic heterocycles. The first-order valence-corrected chi connectivity index (χ1v) is 11.6. The lowest BCUT2D eigenvalue weighted by Crippen LogP contribution is -2.38. The minimum Gasteiger partial charge on any atom is -0.497 e. The van der Waals surface area contributed by atoms with Crippen molar-refractivity contribution in [2.24, 2.45) is 16.8 Å². The van der Waals surface area contributed by atoms with Crippen molar-refractivity contribution in [1.29, 1.82) is 0 Å². The summed E-state index contributed by atoms with van der Waals surface area (Å²) < 4.78 is 11.0. The van der Waals surface area contributed by atoms with E-state index in [-0.39, 0.29) is 23.6 Å². The highest BCUT2D eigenvalue weighted by Crippen LogP contribution is 2.47. The lowest BCUT2D eigenvalue weighted by molar-refractivity contribution is -0.147. The summed E-state index contributed by atoms with van der Waals surface area (Å²) in [5, 5.41) is 0. The van der Waals surface area contributed by atoms with Crippen molar-refractivity contribution < 1.29 is 19.1 Å². The molecule has 0 amide bonds. The molecule has 0 bridgehead atoms. The molecule has 172 valence electrons. The number of hydrogen-bond donors (Lipinski definition) is 0. The van der Waals surface area contributed by atoms with Crippen molar-refractivity contribution in [3.05, 3.63) is 77.0 Å². The fourth-order valence-electron chi connectivity index (χ4n) is 4.84. The van der Waals surface area contributed by atoms with E-state index in [9.17, 15) is 9.59 Å². The minimum absolute atomic E-state index is 0.0591. The van der Waals surface area contributed by atoms with Crippen molar-refractivity contribution in [3.8, 4) is 5.75 Å². The zero-order valence-electron chi connectivity index (χ0n) is 19.7. The van der Waals surface area contributed by atoms with Crippen LogP contribution in [-0.4, -0.2) is 31.2 Å². The molecule has 1 unspecified atom stereocenters. The average Bonchev–Trinajstić information content (AvgIpc) is 2.82. The zero-order valence-corrected chi connectivity index (χ0v) is 19.7. The van der Waals surface area contributed by atoms with Gasteiger partial charge in [0.2, 0.25) is 0 Å². The van der Waals surface area contributed by atoms with Crippen LogP contribution in [0.4, 0.5) is 0 Å². The van der Waals surface area contributed by atoms with E-state index < -0.39 is 11.8 Å². The van der Waals surface area contributed by atoms with Crippen LogP contribution in [0.1, 0.15) is 56.6 Å². The van der Waals surface area contributed by atoms with Crippen molar-refractivity contribution >= 4 is 17.5 Å². The second kappa shape index (κ2) is 9.74. The third kappa shape index (κ3) is 4.77. The number of aliphatic imine (C=N–C) groups is 1. The van der Waals surface area contributed by atoms with Gasteiger partial charge in [0.1, 0.15) is 11.7 Å². The van der Waals surface area contributed by atoms with E-state index in [0.29, 0.717) is 30.7 Å². The number of ketones is 1. The van der Waals surface area contributed by atoms with Crippen LogP contribution >= 0.6 is 0 Å². The highest BCUT2D eigenvalue weighted by atomic mass is 16.5. The van der Waals surface area contributed by atoms with Gasteiger partial charge in [-0.2, -0.15) is 0 Å². The summed E-state index contributed by atoms with van der Waals surface area (Å²) in [6.45, 7) is 6.22. The molecule has 5 heteroatoms. The maximum atomic E-state index is 13.6. The standard InChI is InChI=1S/C28H31NO4/c1-17(2)16-33-28(31)25-18(3)29-23-14-21(19-8-6-5-7-9-19)15-24(30)27(23)26(25)20-10-12-22(32-4)13-11-20/h5-13,17,21,25-26H,14-16H2,1-4H3/t21-,25?,26+/m0/s1. The maximum Gasteiger partial charge on any atom is 0.315 e. The molecular weight excluding hydrogens is 414 g/mol. The predicted molar refractivity (Wildman–Crippen MR) is 129 cm³/mol. The van der Waals surface area contributed by atoms with E-state index in [1.165, 1.54) is 0 Å². The molecule has 2 aromatic carbocycles. The number of hydrogen-bond acceptors (Lipinski definition) is 5. The summed E-state index contributed by atoms with van der Waals surface area (Å²) in [5.41, 5.74) is 4.20. The Morgan fingerprint density at radius 2 is 1.73 bits per heavy atom. The Labute approximate surface area is 195 Å². The normalized spacial score (nSPS) is 22.6. The van der Waals surface area contributed by atoms with Gasteiger partial charge in [0, 0.05) is 29.3 Å². The average molecular weight is 446 g/mol.